The van der Waals surface area contributed by atoms with Crippen molar-refractivity contribution in [2.75, 3.05) is 0 Å². The Morgan fingerprint density at radius 1 is 0.312 bits per heavy atom. The van der Waals surface area contributed by atoms with Gasteiger partial charge in [-0.15, -0.1) is 0 Å². The molecule has 0 fully saturated rings. The first-order valence-corrected chi connectivity index (χ1v) is 45.1. The van der Waals surface area contributed by atoms with Gasteiger partial charge in [-0.2, -0.15) is 33.7 Å². The SMILES string of the molecule is C[Si](C)(C)c1cc(-c2c3nc(c(-c4cc([Si](C)(C)C)cc(S(=O)(=O)O)c4)c4ccc([nH]4)c(-c4cc([Si](C)(C)C)cc(S(=O)(=O)O)c4)c4ccc([nH]4)c(-c4cc([Si](C)(C)C)cc(S(=O)(=O)O)c4)c4nc2C=C4)C=C3)cc(S(=O)(=O)O)c1. The molecule has 0 radical (unpaired) electrons. The molecule has 2 aliphatic heterocycles. The molecule has 3 aromatic heterocycles. The van der Waals surface area contributed by atoms with E-state index in [2.05, 4.69) is 9.97 Å². The van der Waals surface area contributed by atoms with Crippen LogP contribution in [0.2, 0.25) is 78.6 Å². The second kappa shape index (κ2) is 19.9. The Morgan fingerprint density at radius 2 is 0.525 bits per heavy atom. The van der Waals surface area contributed by atoms with Crippen LogP contribution in [0.25, 0.3) is 90.9 Å². The van der Waals surface area contributed by atoms with E-state index in [9.17, 15) is 51.9 Å². The van der Waals surface area contributed by atoms with Gasteiger partial charge in [0.2, 0.25) is 0 Å². The van der Waals surface area contributed by atoms with E-state index in [1.165, 1.54) is 48.5 Å². The molecule has 24 heteroatoms. The third-order valence-electron chi connectivity index (χ3n) is 14.2. The van der Waals surface area contributed by atoms with E-state index in [4.69, 9.17) is 9.97 Å². The predicted octanol–water partition coefficient (Wildman–Crippen LogP) is 10.5. The molecule has 4 aromatic carbocycles. The molecule has 0 aliphatic carbocycles. The number of nitrogens with zero attached hydrogens (tertiary/aromatic N) is 2. The lowest BCUT2D eigenvalue weighted by Gasteiger charge is -2.20. The Hall–Kier alpha value is -6.01. The second-order valence-corrected chi connectivity index (χ2v) is 50.4. The molecule has 0 saturated carbocycles. The Bertz CT molecular complexity index is 4330. The van der Waals surface area contributed by atoms with Gasteiger partial charge in [0.05, 0.1) is 74.7 Å². The van der Waals surface area contributed by atoms with Gasteiger partial charge in [0, 0.05) is 44.3 Å². The van der Waals surface area contributed by atoms with Crippen LogP contribution in [0.5, 0.6) is 0 Å². The summed E-state index contributed by atoms with van der Waals surface area (Å²) < 4.78 is 148. The topological polar surface area (TPSA) is 275 Å². The highest BCUT2D eigenvalue weighted by Gasteiger charge is 2.29. The smallest absolute Gasteiger partial charge is 0.294 e. The summed E-state index contributed by atoms with van der Waals surface area (Å²) in [5.74, 6) is 0. The largest absolute Gasteiger partial charge is 0.354 e. The van der Waals surface area contributed by atoms with Gasteiger partial charge in [0.15, 0.2) is 0 Å². The fourth-order valence-corrected chi connectivity index (χ4v) is 17.1. The van der Waals surface area contributed by atoms with E-state index in [-0.39, 0.29) is 31.0 Å². The number of aromatic amines is 2. The summed E-state index contributed by atoms with van der Waals surface area (Å²) in [4.78, 5) is 16.3. The molecule has 9 rings (SSSR count). The normalized spacial score (nSPS) is 13.8. The van der Waals surface area contributed by atoms with Crippen LogP contribution in [0.4, 0.5) is 0 Å². The van der Waals surface area contributed by atoms with Crippen LogP contribution >= 0.6 is 0 Å². The third-order valence-corrected chi connectivity index (χ3v) is 25.6. The lowest BCUT2D eigenvalue weighted by Crippen LogP contribution is -2.38. The summed E-state index contributed by atoms with van der Waals surface area (Å²) in [5.41, 5.74) is 5.86. The standard InChI is InChI=1S/C56H62N4O12S4Si4/c1-77(2,3)41-25-33(21-37(29-41)73(61,62)63)53-45-13-15-47(57-45)54(34-22-38(74(64,65)66)30-42(26-34)78(4,5)6)49-17-19-51(59-49)56(36-24-40(76(70,71)72)32-44(28-36)80(10,11)12)52-20-18-50(60-52)55(48-16-14-46(53)58-48)35-23-39(75(67,68)69)31-43(27-35)79(7,8)9/h13-32,57-58H,1-12H3,(H,61,62,63)(H,64,65,66)(H,67,68,69)(H,70,71,72). The maximum atomic E-state index is 13.2. The van der Waals surface area contributed by atoms with Crippen LogP contribution in [-0.4, -0.2) is 104 Å². The molecule has 6 N–H and O–H groups in total. The fraction of sp³-hybridized carbons (Fsp3) is 0.214. The maximum absolute atomic E-state index is 13.2. The zero-order chi connectivity index (χ0) is 58.8. The van der Waals surface area contributed by atoms with Gasteiger partial charge >= 0.3 is 0 Å². The van der Waals surface area contributed by atoms with Gasteiger partial charge in [-0.05, 0) is 119 Å². The summed E-state index contributed by atoms with van der Waals surface area (Å²) in [6, 6.07) is 25.9. The molecule has 0 amide bonds. The van der Waals surface area contributed by atoms with E-state index in [1.54, 1.807) is 48.6 Å². The first-order chi connectivity index (χ1) is 36.6. The van der Waals surface area contributed by atoms with E-state index < -0.39 is 72.8 Å². The molecule has 16 nitrogen and oxygen atoms in total. The predicted molar refractivity (Wildman–Crippen MR) is 332 cm³/mol. The average Bonchev–Trinajstić information content (AvgIpc) is 4.17. The molecular weight excluding hydrogens is 1160 g/mol. The molecule has 0 unspecified atom stereocenters. The summed E-state index contributed by atoms with van der Waals surface area (Å²) in [6.45, 7) is 24.4. The van der Waals surface area contributed by atoms with Gasteiger partial charge in [-0.3, -0.25) is 18.2 Å². The van der Waals surface area contributed by atoms with Crippen molar-refractivity contribution in [2.24, 2.45) is 0 Å². The van der Waals surface area contributed by atoms with Crippen molar-refractivity contribution in [1.29, 1.82) is 0 Å². The monoisotopic (exact) mass is 1220 g/mol. The summed E-state index contributed by atoms with van der Waals surface area (Å²) >= 11 is 0. The summed E-state index contributed by atoms with van der Waals surface area (Å²) in [6.07, 6.45) is 6.88. The highest BCUT2D eigenvalue weighted by atomic mass is 32.2. The van der Waals surface area contributed by atoms with Crippen LogP contribution in [-0.2, 0) is 40.5 Å². The second-order valence-electron chi connectivity index (χ2n) is 24.4. The molecular formula is C56H62N4O12S4Si4. The number of rotatable bonds is 12. The van der Waals surface area contributed by atoms with Crippen molar-refractivity contribution in [3.63, 3.8) is 0 Å². The molecule has 0 saturated heterocycles. The summed E-state index contributed by atoms with van der Waals surface area (Å²) in [5, 5.41) is 2.78. The molecule has 0 spiro atoms. The van der Waals surface area contributed by atoms with Crippen LogP contribution in [0.3, 0.4) is 0 Å². The molecule has 5 heterocycles. The third kappa shape index (κ3) is 12.0. The van der Waals surface area contributed by atoms with Crippen molar-refractivity contribution < 1.29 is 51.9 Å². The minimum atomic E-state index is -4.78. The van der Waals surface area contributed by atoms with Crippen molar-refractivity contribution in [3.05, 3.63) is 120 Å². The van der Waals surface area contributed by atoms with E-state index >= 15 is 0 Å². The van der Waals surface area contributed by atoms with Crippen LogP contribution in [0.15, 0.2) is 117 Å². The van der Waals surface area contributed by atoms with Crippen LogP contribution in [0.1, 0.15) is 22.8 Å². The van der Waals surface area contributed by atoms with Crippen molar-refractivity contribution in [3.8, 4) is 44.5 Å². The minimum absolute atomic E-state index is 0.289. The van der Waals surface area contributed by atoms with E-state index in [0.29, 0.717) is 98.7 Å². The molecule has 418 valence electrons. The molecule has 7 aromatic rings. The zero-order valence-electron chi connectivity index (χ0n) is 46.1. The van der Waals surface area contributed by atoms with Crippen molar-refractivity contribution in [1.82, 2.24) is 19.9 Å². The number of hydrogen-bond donors (Lipinski definition) is 6. The molecule has 8 bridgehead atoms. The van der Waals surface area contributed by atoms with E-state index in [0.717, 1.165) is 0 Å². The lowest BCUT2D eigenvalue weighted by molar-refractivity contribution is 0.481. The lowest BCUT2D eigenvalue weighted by atomic mass is 10.0. The number of benzene rings is 4. The van der Waals surface area contributed by atoms with E-state index in [1.807, 2.05) is 103 Å². The first-order valence-electron chi connectivity index (χ1n) is 25.3. The van der Waals surface area contributed by atoms with Crippen molar-refractivity contribution in [2.45, 2.75) is 98.1 Å². The van der Waals surface area contributed by atoms with Gasteiger partial charge < -0.3 is 9.97 Å². The molecule has 80 heavy (non-hydrogen) atoms. The Kier molecular flexibility index (Phi) is 14.6. The zero-order valence-corrected chi connectivity index (χ0v) is 53.4. The Labute approximate surface area is 470 Å². The first kappa shape index (κ1) is 58.6. The Morgan fingerprint density at radius 3 is 0.762 bits per heavy atom. The van der Waals surface area contributed by atoms with Gasteiger partial charge in [-0.25, -0.2) is 9.97 Å². The van der Waals surface area contributed by atoms with Crippen molar-refractivity contribution >= 4 is 140 Å². The average molecular weight is 1220 g/mol. The Balaban J connectivity index is 1.58. The number of H-pyrrole nitrogens is 2. The van der Waals surface area contributed by atoms with Gasteiger partial charge in [-0.1, -0.05) is 124 Å². The highest BCUT2D eigenvalue weighted by molar-refractivity contribution is 7.86. The van der Waals surface area contributed by atoms with Crippen LogP contribution < -0.4 is 20.7 Å². The quantitative estimate of drug-likeness (QED) is 0.0491. The molecule has 2 aliphatic rings. The minimum Gasteiger partial charge on any atom is -0.354 e. The number of hydrogen-bond acceptors (Lipinski definition) is 10. The fourth-order valence-electron chi connectivity index (χ4n) is 9.72. The number of aromatic nitrogens is 4. The van der Waals surface area contributed by atoms with Gasteiger partial charge in [0.1, 0.15) is 0 Å². The summed E-state index contributed by atoms with van der Waals surface area (Å²) in [7, 11) is -28.6. The van der Waals surface area contributed by atoms with Crippen LogP contribution in [0, 0.1) is 0 Å². The number of fused-ring (bicyclic) bond motifs is 8. The number of nitrogens with one attached hydrogen (secondary N) is 2. The van der Waals surface area contributed by atoms with Gasteiger partial charge in [0.25, 0.3) is 40.5 Å². The highest BCUT2D eigenvalue weighted by Crippen LogP contribution is 2.40. The maximum Gasteiger partial charge on any atom is 0.294 e. The molecule has 0 atom stereocenters.